The molecule has 1 aliphatic heterocycles. The summed E-state index contributed by atoms with van der Waals surface area (Å²) in [6, 6.07) is 7.96. The summed E-state index contributed by atoms with van der Waals surface area (Å²) in [6.45, 7) is 2.77. The lowest BCUT2D eigenvalue weighted by molar-refractivity contribution is -0.144. The van der Waals surface area contributed by atoms with Gasteiger partial charge in [-0.25, -0.2) is 9.79 Å². The molecule has 1 aromatic carbocycles. The molecule has 0 aromatic heterocycles. The maximum absolute atomic E-state index is 12.1. The van der Waals surface area contributed by atoms with E-state index in [4.69, 9.17) is 16.2 Å². The topological polar surface area (TPSA) is 93.9 Å². The molecule has 0 bridgehead atoms. The number of carbonyl (C=O) groups excluding carboxylic acids is 1. The molecule has 0 saturated carbocycles. The molecule has 6 heteroatoms. The predicted molar refractivity (Wildman–Crippen MR) is 78.3 cm³/mol. The Balaban J connectivity index is 2.35. The summed E-state index contributed by atoms with van der Waals surface area (Å²) in [5.74, 6) is -0.552. The quantitative estimate of drug-likeness (QED) is 0.477. The maximum atomic E-state index is 12.1. The van der Waals surface area contributed by atoms with Gasteiger partial charge < -0.3 is 21.1 Å². The molecule has 1 aromatic rings. The van der Waals surface area contributed by atoms with Crippen molar-refractivity contribution in [3.8, 4) is 0 Å². The molecule has 0 spiro atoms. The third-order valence-electron chi connectivity index (χ3n) is 3.21. The number of hydrogen-bond donors (Lipinski definition) is 2. The number of benzene rings is 1. The van der Waals surface area contributed by atoms with Gasteiger partial charge in [0.1, 0.15) is 0 Å². The molecule has 108 valence electrons. The number of aliphatic imine (C=N–C) groups is 1. The van der Waals surface area contributed by atoms with Crippen molar-refractivity contribution < 1.29 is 9.53 Å². The number of nitrogens with zero attached hydrogens (tertiary/aromatic N) is 2. The number of fused-ring (bicyclic) bond motifs is 1. The van der Waals surface area contributed by atoms with Crippen molar-refractivity contribution in [2.75, 3.05) is 18.1 Å². The Hall–Kier alpha value is -2.24. The van der Waals surface area contributed by atoms with Crippen LogP contribution >= 0.6 is 0 Å². The summed E-state index contributed by atoms with van der Waals surface area (Å²) in [4.78, 5) is 18.0. The minimum atomic E-state index is -0.818. The fraction of sp³-hybridized carbons (Fsp3) is 0.429. The lowest BCUT2D eigenvalue weighted by Gasteiger charge is -2.34. The zero-order valence-corrected chi connectivity index (χ0v) is 11.6. The van der Waals surface area contributed by atoms with Crippen LogP contribution in [0.4, 0.5) is 5.69 Å². The number of anilines is 1. The molecular formula is C14H20N4O2. The van der Waals surface area contributed by atoms with Gasteiger partial charge in [-0.15, -0.1) is 0 Å². The number of aryl methyl sites for hydroxylation is 1. The van der Waals surface area contributed by atoms with Crippen LogP contribution in [0.3, 0.4) is 0 Å². The summed E-state index contributed by atoms with van der Waals surface area (Å²) in [5, 5.41) is 0. The van der Waals surface area contributed by atoms with Gasteiger partial charge in [0.25, 0.3) is 0 Å². The summed E-state index contributed by atoms with van der Waals surface area (Å²) in [6.07, 6.45) is 1.12. The largest absolute Gasteiger partial charge is 0.463 e. The number of nitrogens with two attached hydrogens (primary N) is 2. The highest BCUT2D eigenvalue weighted by Crippen LogP contribution is 2.29. The second kappa shape index (κ2) is 6.27. The van der Waals surface area contributed by atoms with Crippen molar-refractivity contribution in [1.29, 1.82) is 0 Å². The third-order valence-corrected chi connectivity index (χ3v) is 3.21. The number of ether oxygens (including phenoxy) is 1. The molecule has 0 amide bonds. The highest BCUT2D eigenvalue weighted by atomic mass is 16.5. The van der Waals surface area contributed by atoms with Crippen LogP contribution in [0.15, 0.2) is 29.3 Å². The van der Waals surface area contributed by atoms with E-state index in [1.807, 2.05) is 23.1 Å². The van der Waals surface area contributed by atoms with Gasteiger partial charge in [0, 0.05) is 12.2 Å². The molecule has 2 rings (SSSR count). The van der Waals surface area contributed by atoms with Crippen molar-refractivity contribution in [2.24, 2.45) is 16.5 Å². The van der Waals surface area contributed by atoms with E-state index < -0.39 is 12.1 Å². The van der Waals surface area contributed by atoms with Gasteiger partial charge >= 0.3 is 5.97 Å². The van der Waals surface area contributed by atoms with Crippen LogP contribution in [-0.4, -0.2) is 31.2 Å². The number of rotatable bonds is 4. The average molecular weight is 276 g/mol. The normalized spacial score (nSPS) is 15.2. The van der Waals surface area contributed by atoms with Crippen LogP contribution in [0.25, 0.3) is 0 Å². The Morgan fingerprint density at radius 3 is 2.90 bits per heavy atom. The maximum Gasteiger partial charge on any atom is 0.351 e. The van der Waals surface area contributed by atoms with E-state index >= 15 is 0 Å². The smallest absolute Gasteiger partial charge is 0.351 e. The summed E-state index contributed by atoms with van der Waals surface area (Å²) < 4.78 is 5.07. The van der Waals surface area contributed by atoms with Gasteiger partial charge in [-0.3, -0.25) is 0 Å². The van der Waals surface area contributed by atoms with E-state index in [-0.39, 0.29) is 5.96 Å². The van der Waals surface area contributed by atoms with Gasteiger partial charge in [0.15, 0.2) is 5.96 Å². The van der Waals surface area contributed by atoms with Crippen molar-refractivity contribution in [1.82, 2.24) is 0 Å². The summed E-state index contributed by atoms with van der Waals surface area (Å²) >= 11 is 0. The van der Waals surface area contributed by atoms with Crippen molar-refractivity contribution >= 4 is 17.6 Å². The Labute approximate surface area is 118 Å². The molecule has 20 heavy (non-hydrogen) atoms. The van der Waals surface area contributed by atoms with Crippen LogP contribution in [0.2, 0.25) is 0 Å². The monoisotopic (exact) mass is 276 g/mol. The first kappa shape index (κ1) is 14.2. The van der Waals surface area contributed by atoms with Crippen LogP contribution in [0.5, 0.6) is 0 Å². The Morgan fingerprint density at radius 2 is 2.20 bits per heavy atom. The van der Waals surface area contributed by atoms with Gasteiger partial charge in [0.2, 0.25) is 6.17 Å². The highest BCUT2D eigenvalue weighted by molar-refractivity contribution is 5.85. The molecule has 0 fully saturated rings. The van der Waals surface area contributed by atoms with Crippen molar-refractivity contribution in [2.45, 2.75) is 25.9 Å². The molecule has 0 saturated heterocycles. The first-order valence-electron chi connectivity index (χ1n) is 6.73. The lowest BCUT2D eigenvalue weighted by Crippen LogP contribution is -2.45. The number of carbonyl (C=O) groups is 1. The summed E-state index contributed by atoms with van der Waals surface area (Å²) in [5.41, 5.74) is 13.1. The fourth-order valence-electron chi connectivity index (χ4n) is 2.42. The zero-order valence-electron chi connectivity index (χ0n) is 11.6. The van der Waals surface area contributed by atoms with Crippen LogP contribution in [0, 0.1) is 0 Å². The van der Waals surface area contributed by atoms with Crippen molar-refractivity contribution in [3.05, 3.63) is 29.8 Å². The highest BCUT2D eigenvalue weighted by Gasteiger charge is 2.30. The molecule has 1 aliphatic rings. The number of guanidine groups is 1. The molecule has 0 radical (unpaired) electrons. The van der Waals surface area contributed by atoms with Crippen LogP contribution < -0.4 is 16.4 Å². The minimum Gasteiger partial charge on any atom is -0.463 e. The molecule has 6 nitrogen and oxygen atoms in total. The molecule has 4 N–H and O–H groups in total. The standard InChI is InChI=1S/C14H20N4O2/c1-2-20-13(19)12(17-14(15)16)18-9-5-7-10-6-3-4-8-11(10)18/h3-4,6,8,12H,2,5,7,9H2,1H3,(H4,15,16,17). The molecule has 1 unspecified atom stereocenters. The first-order valence-corrected chi connectivity index (χ1v) is 6.73. The molecule has 1 heterocycles. The van der Waals surface area contributed by atoms with E-state index in [0.717, 1.165) is 25.1 Å². The van der Waals surface area contributed by atoms with E-state index in [1.165, 1.54) is 5.56 Å². The van der Waals surface area contributed by atoms with Gasteiger partial charge in [0.05, 0.1) is 6.61 Å². The Kier molecular flexibility index (Phi) is 4.45. The van der Waals surface area contributed by atoms with E-state index in [0.29, 0.717) is 6.61 Å². The number of para-hydroxylation sites is 1. The summed E-state index contributed by atoms with van der Waals surface area (Å²) in [7, 11) is 0. The van der Waals surface area contributed by atoms with E-state index in [1.54, 1.807) is 6.92 Å². The van der Waals surface area contributed by atoms with E-state index in [9.17, 15) is 4.79 Å². The van der Waals surface area contributed by atoms with Gasteiger partial charge in [-0.05, 0) is 31.4 Å². The molecule has 0 aliphatic carbocycles. The SMILES string of the molecule is CCOC(=O)C(N=C(N)N)N1CCCc2ccccc21. The second-order valence-electron chi connectivity index (χ2n) is 4.61. The molecular weight excluding hydrogens is 256 g/mol. The number of esters is 1. The minimum absolute atomic E-state index is 0.119. The van der Waals surface area contributed by atoms with Gasteiger partial charge in [-0.1, -0.05) is 18.2 Å². The zero-order chi connectivity index (χ0) is 14.5. The Morgan fingerprint density at radius 1 is 1.45 bits per heavy atom. The lowest BCUT2D eigenvalue weighted by atomic mass is 10.0. The second-order valence-corrected chi connectivity index (χ2v) is 4.61. The average Bonchev–Trinajstić information content (AvgIpc) is 2.44. The first-order chi connectivity index (χ1) is 9.63. The fourth-order valence-corrected chi connectivity index (χ4v) is 2.42. The predicted octanol–water partition coefficient (Wildman–Crippen LogP) is 0.602. The van der Waals surface area contributed by atoms with Crippen LogP contribution in [-0.2, 0) is 16.0 Å². The Bertz CT molecular complexity index is 512. The number of hydrogen-bond acceptors (Lipinski definition) is 4. The third kappa shape index (κ3) is 3.01. The van der Waals surface area contributed by atoms with Crippen molar-refractivity contribution in [3.63, 3.8) is 0 Å². The van der Waals surface area contributed by atoms with Gasteiger partial charge in [-0.2, -0.15) is 0 Å². The van der Waals surface area contributed by atoms with Crippen LogP contribution in [0.1, 0.15) is 18.9 Å². The van der Waals surface area contributed by atoms with E-state index in [2.05, 4.69) is 11.1 Å². The molecule has 1 atom stereocenters.